The first kappa shape index (κ1) is 9.04. The van der Waals surface area contributed by atoms with Gasteiger partial charge in [0.25, 0.3) is 0 Å². The van der Waals surface area contributed by atoms with Gasteiger partial charge in [-0.25, -0.2) is 4.39 Å². The van der Waals surface area contributed by atoms with E-state index in [9.17, 15) is 4.39 Å². The fourth-order valence-corrected chi connectivity index (χ4v) is 1.04. The molecule has 0 aliphatic rings. The van der Waals surface area contributed by atoms with Gasteiger partial charge in [-0.2, -0.15) is 0 Å². The van der Waals surface area contributed by atoms with Crippen molar-refractivity contribution in [3.63, 3.8) is 0 Å². The van der Waals surface area contributed by atoms with Gasteiger partial charge in [-0.05, 0) is 23.6 Å². The summed E-state index contributed by atoms with van der Waals surface area (Å²) in [5.41, 5.74) is 0.628. The Kier molecular flexibility index (Phi) is 2.69. The standard InChI is InChI=1S/C10H13FO/c1-7(2)10(11)8-3-5-9(12)6-4-8/h3-7,10,12H,1-2H3. The van der Waals surface area contributed by atoms with E-state index in [1.165, 1.54) is 12.1 Å². The van der Waals surface area contributed by atoms with Crippen LogP contribution in [0.4, 0.5) is 4.39 Å². The highest BCUT2D eigenvalue weighted by molar-refractivity contribution is 5.27. The Morgan fingerprint density at radius 3 is 2.08 bits per heavy atom. The first-order chi connectivity index (χ1) is 5.61. The molecule has 0 spiro atoms. The largest absolute Gasteiger partial charge is 0.508 e. The lowest BCUT2D eigenvalue weighted by Gasteiger charge is -2.11. The third-order valence-electron chi connectivity index (χ3n) is 1.80. The molecule has 2 heteroatoms. The van der Waals surface area contributed by atoms with Crippen molar-refractivity contribution in [3.8, 4) is 5.75 Å². The topological polar surface area (TPSA) is 20.2 Å². The van der Waals surface area contributed by atoms with Crippen molar-refractivity contribution in [2.75, 3.05) is 0 Å². The van der Waals surface area contributed by atoms with Gasteiger partial charge in [-0.15, -0.1) is 0 Å². The second kappa shape index (κ2) is 3.57. The molecule has 1 aromatic carbocycles. The molecule has 12 heavy (non-hydrogen) atoms. The molecule has 0 aliphatic carbocycles. The van der Waals surface area contributed by atoms with Crippen LogP contribution in [0.25, 0.3) is 0 Å². The third kappa shape index (κ3) is 1.97. The molecular weight excluding hydrogens is 155 g/mol. The number of rotatable bonds is 2. The molecule has 1 N–H and O–H groups in total. The number of benzene rings is 1. The normalized spacial score (nSPS) is 13.3. The summed E-state index contributed by atoms with van der Waals surface area (Å²) in [6.45, 7) is 3.66. The van der Waals surface area contributed by atoms with Crippen LogP contribution in [0, 0.1) is 5.92 Å². The molecule has 0 heterocycles. The number of hydrogen-bond donors (Lipinski definition) is 1. The summed E-state index contributed by atoms with van der Waals surface area (Å²) in [6.07, 6.45) is -0.939. The lowest BCUT2D eigenvalue weighted by atomic mass is 10.0. The molecule has 0 saturated carbocycles. The minimum Gasteiger partial charge on any atom is -0.508 e. The van der Waals surface area contributed by atoms with E-state index >= 15 is 0 Å². The Hall–Kier alpha value is -1.05. The maximum Gasteiger partial charge on any atom is 0.127 e. The van der Waals surface area contributed by atoms with Gasteiger partial charge < -0.3 is 5.11 Å². The Bertz CT molecular complexity index is 241. The van der Waals surface area contributed by atoms with E-state index in [-0.39, 0.29) is 11.7 Å². The molecule has 0 radical (unpaired) electrons. The van der Waals surface area contributed by atoms with Crippen molar-refractivity contribution < 1.29 is 9.50 Å². The molecule has 1 rings (SSSR count). The molecule has 1 aromatic rings. The summed E-state index contributed by atoms with van der Waals surface area (Å²) in [5, 5.41) is 8.95. The van der Waals surface area contributed by atoms with Crippen LogP contribution < -0.4 is 0 Å². The fraction of sp³-hybridized carbons (Fsp3) is 0.400. The van der Waals surface area contributed by atoms with Gasteiger partial charge in [0.05, 0.1) is 0 Å². The minimum absolute atomic E-state index is 0.0189. The molecule has 0 amide bonds. The van der Waals surface area contributed by atoms with Crippen LogP contribution in [0.15, 0.2) is 24.3 Å². The van der Waals surface area contributed by atoms with Crippen LogP contribution in [0.1, 0.15) is 25.6 Å². The molecule has 66 valence electrons. The minimum atomic E-state index is -0.939. The maximum atomic E-state index is 13.3. The van der Waals surface area contributed by atoms with Crippen LogP contribution in [0.5, 0.6) is 5.75 Å². The fourth-order valence-electron chi connectivity index (χ4n) is 1.04. The van der Waals surface area contributed by atoms with Crippen LogP contribution >= 0.6 is 0 Å². The average Bonchev–Trinajstić information content (AvgIpc) is 2.04. The first-order valence-corrected chi connectivity index (χ1v) is 4.04. The summed E-state index contributed by atoms with van der Waals surface area (Å²) in [5.74, 6) is 0.157. The lowest BCUT2D eigenvalue weighted by Crippen LogP contribution is -1.99. The highest BCUT2D eigenvalue weighted by atomic mass is 19.1. The Morgan fingerprint density at radius 1 is 1.17 bits per heavy atom. The molecule has 0 fully saturated rings. The highest BCUT2D eigenvalue weighted by Gasteiger charge is 2.13. The lowest BCUT2D eigenvalue weighted by molar-refractivity contribution is 0.261. The third-order valence-corrected chi connectivity index (χ3v) is 1.80. The van der Waals surface area contributed by atoms with Gasteiger partial charge >= 0.3 is 0 Å². The molecule has 0 bridgehead atoms. The van der Waals surface area contributed by atoms with Crippen LogP contribution in [0.3, 0.4) is 0 Å². The van der Waals surface area contributed by atoms with Crippen LogP contribution in [0.2, 0.25) is 0 Å². The molecule has 0 aliphatic heterocycles. The summed E-state index contributed by atoms with van der Waals surface area (Å²) in [4.78, 5) is 0. The van der Waals surface area contributed by atoms with Gasteiger partial charge in [0.2, 0.25) is 0 Å². The van der Waals surface area contributed by atoms with E-state index in [1.807, 2.05) is 13.8 Å². The zero-order chi connectivity index (χ0) is 9.14. The van der Waals surface area contributed by atoms with Crippen molar-refractivity contribution >= 4 is 0 Å². The predicted molar refractivity (Wildman–Crippen MR) is 46.8 cm³/mol. The van der Waals surface area contributed by atoms with Crippen molar-refractivity contribution in [2.45, 2.75) is 20.0 Å². The SMILES string of the molecule is CC(C)C(F)c1ccc(O)cc1. The van der Waals surface area contributed by atoms with E-state index in [2.05, 4.69) is 0 Å². The Balaban J connectivity index is 2.82. The van der Waals surface area contributed by atoms with Crippen LogP contribution in [-0.4, -0.2) is 5.11 Å². The predicted octanol–water partition coefficient (Wildman–Crippen LogP) is 3.06. The first-order valence-electron chi connectivity index (χ1n) is 4.04. The van der Waals surface area contributed by atoms with Crippen molar-refractivity contribution in [1.29, 1.82) is 0 Å². The Morgan fingerprint density at radius 2 is 1.67 bits per heavy atom. The monoisotopic (exact) mass is 168 g/mol. The average molecular weight is 168 g/mol. The van der Waals surface area contributed by atoms with E-state index in [4.69, 9.17) is 5.11 Å². The van der Waals surface area contributed by atoms with Gasteiger partial charge in [0.1, 0.15) is 11.9 Å². The van der Waals surface area contributed by atoms with Gasteiger partial charge in [0.15, 0.2) is 0 Å². The molecule has 1 nitrogen and oxygen atoms in total. The van der Waals surface area contributed by atoms with Crippen molar-refractivity contribution in [3.05, 3.63) is 29.8 Å². The number of phenolic OH excluding ortho intramolecular Hbond substituents is 1. The van der Waals surface area contributed by atoms with Gasteiger partial charge in [-0.1, -0.05) is 26.0 Å². The zero-order valence-electron chi connectivity index (χ0n) is 7.29. The maximum absolute atomic E-state index is 13.3. The molecule has 1 atom stereocenters. The number of alkyl halides is 1. The number of aromatic hydroxyl groups is 1. The van der Waals surface area contributed by atoms with E-state index in [1.54, 1.807) is 12.1 Å². The summed E-state index contributed by atoms with van der Waals surface area (Å²) in [7, 11) is 0. The summed E-state index contributed by atoms with van der Waals surface area (Å²) in [6, 6.07) is 6.23. The second-order valence-electron chi connectivity index (χ2n) is 3.24. The van der Waals surface area contributed by atoms with E-state index in [0.29, 0.717) is 5.56 Å². The van der Waals surface area contributed by atoms with Crippen molar-refractivity contribution in [1.82, 2.24) is 0 Å². The summed E-state index contributed by atoms with van der Waals surface area (Å²) < 4.78 is 13.3. The molecule has 0 saturated heterocycles. The summed E-state index contributed by atoms with van der Waals surface area (Å²) >= 11 is 0. The van der Waals surface area contributed by atoms with Crippen LogP contribution in [-0.2, 0) is 0 Å². The molecular formula is C10H13FO. The molecule has 0 aromatic heterocycles. The zero-order valence-corrected chi connectivity index (χ0v) is 7.29. The quantitative estimate of drug-likeness (QED) is 0.719. The molecule has 1 unspecified atom stereocenters. The Labute approximate surface area is 71.9 Å². The van der Waals surface area contributed by atoms with E-state index in [0.717, 1.165) is 0 Å². The van der Waals surface area contributed by atoms with Gasteiger partial charge in [-0.3, -0.25) is 0 Å². The van der Waals surface area contributed by atoms with E-state index < -0.39 is 6.17 Å². The second-order valence-corrected chi connectivity index (χ2v) is 3.24. The number of phenols is 1. The smallest absolute Gasteiger partial charge is 0.127 e. The highest BCUT2D eigenvalue weighted by Crippen LogP contribution is 2.26. The number of halogens is 1. The van der Waals surface area contributed by atoms with Gasteiger partial charge in [0, 0.05) is 0 Å². The number of hydrogen-bond acceptors (Lipinski definition) is 1. The van der Waals surface area contributed by atoms with Crippen molar-refractivity contribution in [2.24, 2.45) is 5.92 Å².